The van der Waals surface area contributed by atoms with Gasteiger partial charge in [-0.2, -0.15) is 4.31 Å². The number of carbonyl (C=O) groups is 1. The maximum Gasteiger partial charge on any atom is 0.277 e. The lowest BCUT2D eigenvalue weighted by atomic mass is 10.1. The van der Waals surface area contributed by atoms with Gasteiger partial charge in [-0.05, 0) is 71.5 Å². The number of hydrogen-bond acceptors (Lipinski definition) is 7. The van der Waals surface area contributed by atoms with Crippen LogP contribution in [0.5, 0.6) is 0 Å². The van der Waals surface area contributed by atoms with E-state index in [-0.39, 0.29) is 13.1 Å². The van der Waals surface area contributed by atoms with Gasteiger partial charge in [-0.25, -0.2) is 27.7 Å². The molecule has 2 heterocycles. The lowest BCUT2D eigenvalue weighted by molar-refractivity contribution is 0.0538. The number of piperazine rings is 1. The van der Waals surface area contributed by atoms with Gasteiger partial charge in [0.2, 0.25) is 10.0 Å². The number of aromatic nitrogens is 1. The third-order valence-electron chi connectivity index (χ3n) is 5.89. The number of carbonyl (C=O) groups excluding carboxylic acids is 1. The molecule has 9 nitrogen and oxygen atoms in total. The van der Waals surface area contributed by atoms with Gasteiger partial charge in [0.1, 0.15) is 10.7 Å². The summed E-state index contributed by atoms with van der Waals surface area (Å²) in [7, 11) is -3.30. The summed E-state index contributed by atoms with van der Waals surface area (Å²) in [6.07, 6.45) is 1.64. The second-order valence-electron chi connectivity index (χ2n) is 8.22. The fraction of sp³-hybridized carbons (Fsp3) is 0.250. The number of sulfonamides is 1. The minimum atomic E-state index is -4.47. The van der Waals surface area contributed by atoms with Crippen LogP contribution in [0.25, 0.3) is 0 Å². The van der Waals surface area contributed by atoms with E-state index in [2.05, 4.69) is 37.7 Å². The Morgan fingerprint density at radius 2 is 1.81 bits per heavy atom. The Hall–Kier alpha value is -2.88. The molecule has 37 heavy (non-hydrogen) atoms. The molecule has 0 spiro atoms. The van der Waals surface area contributed by atoms with Crippen molar-refractivity contribution in [3.05, 3.63) is 75.0 Å². The number of benzene rings is 2. The van der Waals surface area contributed by atoms with Crippen molar-refractivity contribution in [3.8, 4) is 0 Å². The molecule has 1 saturated heterocycles. The van der Waals surface area contributed by atoms with Crippen LogP contribution in [0.3, 0.4) is 0 Å². The third-order valence-corrected chi connectivity index (χ3v) is 8.46. The van der Waals surface area contributed by atoms with E-state index in [1.807, 2.05) is 22.5 Å². The Morgan fingerprint density at radius 1 is 1.08 bits per heavy atom. The summed E-state index contributed by atoms with van der Waals surface area (Å²) in [5.41, 5.74) is 2.26. The monoisotopic (exact) mass is 643 g/mol. The number of halogens is 3. The molecule has 0 saturated carbocycles. The summed E-state index contributed by atoms with van der Waals surface area (Å²) < 4.78 is 59.6. The average molecular weight is 643 g/mol. The van der Waals surface area contributed by atoms with Gasteiger partial charge in [-0.3, -0.25) is 9.63 Å². The normalized spacial score (nSPS) is 14.5. The molecule has 1 aliphatic rings. The van der Waals surface area contributed by atoms with Crippen molar-refractivity contribution in [2.24, 2.45) is 0 Å². The molecule has 4 rings (SSSR count). The number of nitrogens with one attached hydrogen (secondary N) is 2. The van der Waals surface area contributed by atoms with Gasteiger partial charge in [0.25, 0.3) is 5.91 Å². The molecule has 2 aromatic carbocycles. The van der Waals surface area contributed by atoms with Crippen LogP contribution in [-0.4, -0.2) is 56.9 Å². The Kier molecular flexibility index (Phi) is 8.26. The SMILES string of the molecule is CONC(=O)c1cc(S(=O)(=O)N2CCN(c3ccccn3)CC2)c(F)c(F)c1Nc1ccc(I)cc1C. The molecule has 0 unspecified atom stereocenters. The predicted molar refractivity (Wildman–Crippen MR) is 143 cm³/mol. The summed E-state index contributed by atoms with van der Waals surface area (Å²) in [4.78, 5) is 22.6. The van der Waals surface area contributed by atoms with E-state index in [1.165, 1.54) is 7.11 Å². The van der Waals surface area contributed by atoms with Crippen molar-refractivity contribution >= 4 is 55.7 Å². The van der Waals surface area contributed by atoms with E-state index in [0.29, 0.717) is 30.2 Å². The number of hydrogen-bond donors (Lipinski definition) is 2. The lowest BCUT2D eigenvalue weighted by Crippen LogP contribution is -2.49. The van der Waals surface area contributed by atoms with Crippen molar-refractivity contribution in [2.45, 2.75) is 11.8 Å². The van der Waals surface area contributed by atoms with Crippen LogP contribution in [0.2, 0.25) is 0 Å². The largest absolute Gasteiger partial charge is 0.354 e. The minimum absolute atomic E-state index is 0.0292. The summed E-state index contributed by atoms with van der Waals surface area (Å²) in [6, 6.07) is 11.5. The summed E-state index contributed by atoms with van der Waals surface area (Å²) in [6.45, 7) is 2.44. The smallest absolute Gasteiger partial charge is 0.277 e. The van der Waals surface area contributed by atoms with Crippen molar-refractivity contribution in [1.29, 1.82) is 0 Å². The molecule has 1 aliphatic heterocycles. The molecule has 0 radical (unpaired) electrons. The van der Waals surface area contributed by atoms with E-state index in [9.17, 15) is 13.2 Å². The molecule has 1 aromatic heterocycles. The topological polar surface area (TPSA) is 104 Å². The molecule has 13 heteroatoms. The molecule has 0 bridgehead atoms. The van der Waals surface area contributed by atoms with Crippen LogP contribution >= 0.6 is 22.6 Å². The molecule has 1 amide bonds. The lowest BCUT2D eigenvalue weighted by Gasteiger charge is -2.34. The summed E-state index contributed by atoms with van der Waals surface area (Å²) in [5.74, 6) is -3.32. The number of pyridine rings is 1. The number of nitrogens with zero attached hydrogens (tertiary/aromatic N) is 3. The van der Waals surface area contributed by atoms with E-state index >= 15 is 8.78 Å². The van der Waals surface area contributed by atoms with Gasteiger partial charge in [-0.1, -0.05) is 6.07 Å². The molecule has 1 fully saturated rings. The molecular weight excluding hydrogens is 619 g/mol. The van der Waals surface area contributed by atoms with Crippen molar-refractivity contribution in [1.82, 2.24) is 14.8 Å². The van der Waals surface area contributed by atoms with Crippen LogP contribution in [-0.2, 0) is 14.9 Å². The molecule has 0 atom stereocenters. The number of aryl methyl sites for hydroxylation is 1. The van der Waals surface area contributed by atoms with E-state index in [1.54, 1.807) is 37.4 Å². The first-order valence-corrected chi connectivity index (χ1v) is 13.7. The van der Waals surface area contributed by atoms with Gasteiger partial charge in [-0.15, -0.1) is 0 Å². The summed E-state index contributed by atoms with van der Waals surface area (Å²) >= 11 is 2.11. The minimum Gasteiger partial charge on any atom is -0.354 e. The molecule has 0 aliphatic carbocycles. The Bertz CT molecular complexity index is 1420. The first-order chi connectivity index (χ1) is 17.6. The number of hydroxylamine groups is 1. The van der Waals surface area contributed by atoms with Gasteiger partial charge in [0, 0.05) is 41.6 Å². The highest BCUT2D eigenvalue weighted by Crippen LogP contribution is 2.34. The zero-order chi connectivity index (χ0) is 26.7. The van der Waals surface area contributed by atoms with Crippen molar-refractivity contribution < 1.29 is 26.8 Å². The zero-order valence-electron chi connectivity index (χ0n) is 20.0. The van der Waals surface area contributed by atoms with Crippen LogP contribution in [0.1, 0.15) is 15.9 Å². The van der Waals surface area contributed by atoms with Crippen LogP contribution in [0.4, 0.5) is 26.0 Å². The highest BCUT2D eigenvalue weighted by molar-refractivity contribution is 14.1. The predicted octanol–water partition coefficient (Wildman–Crippen LogP) is 3.82. The van der Waals surface area contributed by atoms with Gasteiger partial charge in [0.05, 0.1) is 18.4 Å². The molecule has 2 N–H and O–H groups in total. The van der Waals surface area contributed by atoms with E-state index < -0.39 is 43.7 Å². The maximum absolute atomic E-state index is 15.4. The first-order valence-electron chi connectivity index (χ1n) is 11.2. The quantitative estimate of drug-likeness (QED) is 0.298. The van der Waals surface area contributed by atoms with Gasteiger partial charge >= 0.3 is 0 Å². The average Bonchev–Trinajstić information content (AvgIpc) is 2.89. The van der Waals surface area contributed by atoms with Gasteiger partial charge < -0.3 is 10.2 Å². The van der Waals surface area contributed by atoms with E-state index in [0.717, 1.165) is 13.9 Å². The maximum atomic E-state index is 15.4. The third kappa shape index (κ3) is 5.68. The first kappa shape index (κ1) is 27.2. The zero-order valence-corrected chi connectivity index (χ0v) is 22.9. The number of amides is 1. The molecule has 196 valence electrons. The number of anilines is 3. The van der Waals surface area contributed by atoms with Crippen molar-refractivity contribution in [3.63, 3.8) is 0 Å². The standard InChI is InChI=1S/C24H24F2IN5O4S/c1-15-13-16(27)6-7-18(15)29-23-17(24(33)30-36-2)14-19(21(25)22(23)26)37(34,35)32-11-9-31(10-12-32)20-5-3-4-8-28-20/h3-8,13-14,29H,9-12H2,1-2H3,(H,30,33). The molecule has 3 aromatic rings. The Morgan fingerprint density at radius 3 is 2.43 bits per heavy atom. The second-order valence-corrected chi connectivity index (χ2v) is 11.4. The van der Waals surface area contributed by atoms with Crippen molar-refractivity contribution in [2.75, 3.05) is 43.5 Å². The van der Waals surface area contributed by atoms with Crippen LogP contribution < -0.4 is 15.7 Å². The van der Waals surface area contributed by atoms with Gasteiger partial charge in [0.15, 0.2) is 11.6 Å². The van der Waals surface area contributed by atoms with Crippen LogP contribution in [0.15, 0.2) is 53.6 Å². The highest BCUT2D eigenvalue weighted by atomic mass is 127. The van der Waals surface area contributed by atoms with Crippen LogP contribution in [0, 0.1) is 22.1 Å². The summed E-state index contributed by atoms with van der Waals surface area (Å²) in [5, 5.41) is 2.74. The fourth-order valence-electron chi connectivity index (χ4n) is 3.98. The fourth-order valence-corrected chi connectivity index (χ4v) is 6.13. The molecular formula is C24H24F2IN5O4S. The van der Waals surface area contributed by atoms with E-state index in [4.69, 9.17) is 0 Å². The highest BCUT2D eigenvalue weighted by Gasteiger charge is 2.35. The second kappa shape index (κ2) is 11.2. The number of rotatable bonds is 7. The Labute approximate surface area is 227 Å². The Balaban J connectivity index is 1.70.